The number of sulfonamides is 1. The Kier molecular flexibility index (Phi) is 4.28. The van der Waals surface area contributed by atoms with E-state index in [9.17, 15) is 18.0 Å². The molecule has 144 valence electrons. The molecule has 0 fully saturated rings. The van der Waals surface area contributed by atoms with E-state index in [0.29, 0.717) is 28.0 Å². The average molecular weight is 398 g/mol. The standard InChI is InChI=1S/C19H18N4O4S/c1-22-16-8-7-13(9-12(16)10-18(22)24)28(26,27)20-11-17-21-15-6-4-3-5-14(15)19(25)23(17)2/h3-9,20H,10-11H2,1-2H3. The molecule has 1 aliphatic heterocycles. The van der Waals surface area contributed by atoms with Crippen molar-refractivity contribution in [3.63, 3.8) is 0 Å². The second-order valence-corrected chi connectivity index (χ2v) is 8.42. The molecule has 3 aromatic rings. The average Bonchev–Trinajstić information content (AvgIpc) is 2.97. The van der Waals surface area contributed by atoms with Gasteiger partial charge in [-0.1, -0.05) is 12.1 Å². The Morgan fingerprint density at radius 1 is 1.11 bits per heavy atom. The number of carbonyl (C=O) groups excluding carboxylic acids is 1. The Hall–Kier alpha value is -3.04. The van der Waals surface area contributed by atoms with Gasteiger partial charge in [0.15, 0.2) is 0 Å². The van der Waals surface area contributed by atoms with Crippen LogP contribution >= 0.6 is 0 Å². The van der Waals surface area contributed by atoms with Crippen LogP contribution in [0.5, 0.6) is 0 Å². The van der Waals surface area contributed by atoms with Crippen LogP contribution in [0.15, 0.2) is 52.2 Å². The number of rotatable bonds is 4. The van der Waals surface area contributed by atoms with Gasteiger partial charge >= 0.3 is 0 Å². The lowest BCUT2D eigenvalue weighted by atomic mass is 10.2. The topological polar surface area (TPSA) is 101 Å². The van der Waals surface area contributed by atoms with Crippen LogP contribution in [0.1, 0.15) is 11.4 Å². The molecule has 0 aliphatic carbocycles. The van der Waals surface area contributed by atoms with E-state index in [-0.39, 0.29) is 29.3 Å². The van der Waals surface area contributed by atoms with Crippen LogP contribution in [0.2, 0.25) is 0 Å². The third-order valence-electron chi connectivity index (χ3n) is 4.93. The first-order valence-electron chi connectivity index (χ1n) is 8.62. The molecule has 28 heavy (non-hydrogen) atoms. The Labute approximate surface area is 161 Å². The molecule has 0 saturated carbocycles. The summed E-state index contributed by atoms with van der Waals surface area (Å²) < 4.78 is 29.2. The van der Waals surface area contributed by atoms with E-state index >= 15 is 0 Å². The molecule has 1 aromatic heterocycles. The van der Waals surface area contributed by atoms with Gasteiger partial charge in [0.25, 0.3) is 5.56 Å². The fraction of sp³-hybridized carbons (Fsp3) is 0.211. The number of carbonyl (C=O) groups is 1. The van der Waals surface area contributed by atoms with Crippen molar-refractivity contribution >= 4 is 32.5 Å². The smallest absolute Gasteiger partial charge is 0.261 e. The van der Waals surface area contributed by atoms with Gasteiger partial charge in [-0.25, -0.2) is 18.1 Å². The van der Waals surface area contributed by atoms with Crippen LogP contribution in [-0.4, -0.2) is 30.9 Å². The fourth-order valence-corrected chi connectivity index (χ4v) is 4.31. The molecule has 0 saturated heterocycles. The Balaban J connectivity index is 1.63. The summed E-state index contributed by atoms with van der Waals surface area (Å²) in [5.41, 5.74) is 1.66. The Morgan fingerprint density at radius 2 is 1.86 bits per heavy atom. The van der Waals surface area contributed by atoms with E-state index in [1.807, 2.05) is 0 Å². The van der Waals surface area contributed by atoms with Gasteiger partial charge in [-0.3, -0.25) is 14.2 Å². The van der Waals surface area contributed by atoms with Gasteiger partial charge < -0.3 is 4.90 Å². The zero-order valence-corrected chi connectivity index (χ0v) is 16.2. The number of nitrogens with zero attached hydrogens (tertiary/aromatic N) is 3. The number of amides is 1. The van der Waals surface area contributed by atoms with E-state index in [1.54, 1.807) is 44.4 Å². The van der Waals surface area contributed by atoms with Crippen molar-refractivity contribution in [2.45, 2.75) is 17.9 Å². The number of fused-ring (bicyclic) bond motifs is 2. The molecule has 1 aliphatic rings. The van der Waals surface area contributed by atoms with Gasteiger partial charge in [0.1, 0.15) is 5.82 Å². The van der Waals surface area contributed by atoms with Gasteiger partial charge in [0.05, 0.1) is 28.8 Å². The summed E-state index contributed by atoms with van der Waals surface area (Å²) in [6.45, 7) is -0.130. The van der Waals surface area contributed by atoms with E-state index in [2.05, 4.69) is 9.71 Å². The first-order chi connectivity index (χ1) is 13.3. The monoisotopic (exact) mass is 398 g/mol. The van der Waals surface area contributed by atoms with Crippen LogP contribution in [0.4, 0.5) is 5.69 Å². The normalized spacial score (nSPS) is 13.9. The lowest BCUT2D eigenvalue weighted by molar-refractivity contribution is -0.117. The number of para-hydroxylation sites is 1. The Bertz CT molecular complexity index is 1280. The Morgan fingerprint density at radius 3 is 2.64 bits per heavy atom. The molecule has 2 aromatic carbocycles. The summed E-state index contributed by atoms with van der Waals surface area (Å²) in [6, 6.07) is 11.5. The fourth-order valence-electron chi connectivity index (χ4n) is 3.28. The molecular formula is C19H18N4O4S. The predicted molar refractivity (Wildman–Crippen MR) is 105 cm³/mol. The molecular weight excluding hydrogens is 380 g/mol. The summed E-state index contributed by atoms with van der Waals surface area (Å²) in [7, 11) is -0.616. The van der Waals surface area contributed by atoms with Crippen molar-refractivity contribution in [3.8, 4) is 0 Å². The van der Waals surface area contributed by atoms with Gasteiger partial charge in [0, 0.05) is 19.8 Å². The molecule has 4 rings (SSSR count). The predicted octanol–water partition coefficient (Wildman–Crippen LogP) is 0.931. The molecule has 2 heterocycles. The zero-order valence-electron chi connectivity index (χ0n) is 15.3. The highest BCUT2D eigenvalue weighted by molar-refractivity contribution is 7.89. The number of hydrogen-bond donors (Lipinski definition) is 1. The largest absolute Gasteiger partial charge is 0.315 e. The molecule has 0 bridgehead atoms. The zero-order chi connectivity index (χ0) is 20.1. The van der Waals surface area contributed by atoms with Crippen molar-refractivity contribution in [1.82, 2.24) is 14.3 Å². The molecule has 0 atom stereocenters. The van der Waals surface area contributed by atoms with Crippen molar-refractivity contribution in [3.05, 3.63) is 64.2 Å². The summed E-state index contributed by atoms with van der Waals surface area (Å²) in [5.74, 6) is 0.233. The first-order valence-corrected chi connectivity index (χ1v) is 10.1. The maximum Gasteiger partial charge on any atom is 0.261 e. The summed E-state index contributed by atoms with van der Waals surface area (Å²) in [4.78, 5) is 30.2. The van der Waals surface area contributed by atoms with Crippen LogP contribution in [0.3, 0.4) is 0 Å². The number of nitrogens with one attached hydrogen (secondary N) is 1. The summed E-state index contributed by atoms with van der Waals surface area (Å²) >= 11 is 0. The lowest BCUT2D eigenvalue weighted by Gasteiger charge is -2.12. The van der Waals surface area contributed by atoms with Crippen molar-refractivity contribution in [1.29, 1.82) is 0 Å². The summed E-state index contributed by atoms with van der Waals surface area (Å²) in [6.07, 6.45) is 0.177. The number of anilines is 1. The maximum atomic E-state index is 12.7. The second kappa shape index (κ2) is 6.54. The molecule has 0 spiro atoms. The first kappa shape index (κ1) is 18.3. The van der Waals surface area contributed by atoms with Crippen LogP contribution in [0.25, 0.3) is 10.9 Å². The van der Waals surface area contributed by atoms with E-state index in [0.717, 1.165) is 0 Å². The van der Waals surface area contributed by atoms with Crippen LogP contribution < -0.4 is 15.2 Å². The number of aromatic nitrogens is 2. The highest BCUT2D eigenvalue weighted by atomic mass is 32.2. The number of likely N-dealkylation sites (N-methyl/N-ethyl adjacent to an activating group) is 1. The highest BCUT2D eigenvalue weighted by Crippen LogP contribution is 2.29. The van der Waals surface area contributed by atoms with Crippen molar-refractivity contribution in [2.75, 3.05) is 11.9 Å². The van der Waals surface area contributed by atoms with E-state index in [1.165, 1.54) is 21.6 Å². The van der Waals surface area contributed by atoms with Crippen LogP contribution in [-0.2, 0) is 34.8 Å². The number of hydrogen-bond acceptors (Lipinski definition) is 5. The molecule has 0 unspecified atom stereocenters. The quantitative estimate of drug-likeness (QED) is 0.705. The van der Waals surface area contributed by atoms with Gasteiger partial charge in [-0.15, -0.1) is 0 Å². The second-order valence-electron chi connectivity index (χ2n) is 6.65. The van der Waals surface area contributed by atoms with E-state index in [4.69, 9.17) is 0 Å². The molecule has 1 amide bonds. The van der Waals surface area contributed by atoms with Gasteiger partial charge in [-0.2, -0.15) is 0 Å². The SMILES string of the molecule is CN1C(=O)Cc2cc(S(=O)(=O)NCc3nc4ccccc4c(=O)n3C)ccc21. The molecule has 8 nitrogen and oxygen atoms in total. The third kappa shape index (κ3) is 2.98. The van der Waals surface area contributed by atoms with Gasteiger partial charge in [-0.05, 0) is 35.9 Å². The summed E-state index contributed by atoms with van der Waals surface area (Å²) in [5, 5.41) is 0.476. The minimum absolute atomic E-state index is 0.0696. The number of benzene rings is 2. The lowest BCUT2D eigenvalue weighted by Crippen LogP contribution is -2.29. The maximum absolute atomic E-state index is 12.7. The molecule has 9 heteroatoms. The minimum Gasteiger partial charge on any atom is -0.315 e. The molecule has 0 radical (unpaired) electrons. The minimum atomic E-state index is -3.83. The third-order valence-corrected chi connectivity index (χ3v) is 6.33. The van der Waals surface area contributed by atoms with Crippen LogP contribution in [0, 0.1) is 0 Å². The molecule has 1 N–H and O–H groups in total. The van der Waals surface area contributed by atoms with Crippen molar-refractivity contribution in [2.24, 2.45) is 7.05 Å². The van der Waals surface area contributed by atoms with Crippen molar-refractivity contribution < 1.29 is 13.2 Å². The van der Waals surface area contributed by atoms with E-state index < -0.39 is 10.0 Å². The highest BCUT2D eigenvalue weighted by Gasteiger charge is 2.26. The van der Waals surface area contributed by atoms with Gasteiger partial charge in [0.2, 0.25) is 15.9 Å².